The average Bonchev–Trinajstić information content (AvgIpc) is 3.28. The van der Waals surface area contributed by atoms with Gasteiger partial charge in [-0.15, -0.1) is 0 Å². The molecule has 0 aliphatic carbocycles. The van der Waals surface area contributed by atoms with Gasteiger partial charge in [-0.1, -0.05) is 0 Å². The van der Waals surface area contributed by atoms with E-state index >= 15 is 0 Å². The van der Waals surface area contributed by atoms with E-state index in [0.717, 1.165) is 19.0 Å². The molecule has 1 aromatic rings. The van der Waals surface area contributed by atoms with E-state index in [9.17, 15) is 14.0 Å². The van der Waals surface area contributed by atoms with Gasteiger partial charge in [-0.25, -0.2) is 9.18 Å². The van der Waals surface area contributed by atoms with Gasteiger partial charge in [0.1, 0.15) is 23.7 Å². The lowest BCUT2D eigenvalue weighted by molar-refractivity contribution is -0.132. The van der Waals surface area contributed by atoms with Gasteiger partial charge >= 0.3 is 6.03 Å². The van der Waals surface area contributed by atoms with Crippen molar-refractivity contribution in [2.24, 2.45) is 4.99 Å². The predicted octanol–water partition coefficient (Wildman–Crippen LogP) is 0.550. The average molecular weight is 375 g/mol. The van der Waals surface area contributed by atoms with Crippen molar-refractivity contribution in [3.8, 4) is 5.75 Å². The van der Waals surface area contributed by atoms with Crippen molar-refractivity contribution >= 4 is 17.9 Å². The van der Waals surface area contributed by atoms with Gasteiger partial charge in [0, 0.05) is 19.6 Å². The third kappa shape index (κ3) is 3.41. The molecule has 4 rings (SSSR count). The highest BCUT2D eigenvalue weighted by Gasteiger charge is 2.52. The highest BCUT2D eigenvalue weighted by Crippen LogP contribution is 2.29. The highest BCUT2D eigenvalue weighted by molar-refractivity contribution is 6.07. The zero-order valence-corrected chi connectivity index (χ0v) is 14.9. The Morgan fingerprint density at radius 2 is 1.93 bits per heavy atom. The molecule has 9 heteroatoms. The van der Waals surface area contributed by atoms with Crippen LogP contribution < -0.4 is 15.4 Å². The lowest BCUT2D eigenvalue weighted by Crippen LogP contribution is -2.57. The summed E-state index contributed by atoms with van der Waals surface area (Å²) in [6, 6.07) is 5.24. The van der Waals surface area contributed by atoms with Crippen LogP contribution in [0, 0.1) is 5.82 Å². The zero-order chi connectivity index (χ0) is 18.9. The number of likely N-dealkylation sites (tertiary alicyclic amines) is 1. The number of urea groups is 1. The molecule has 0 bridgehead atoms. The quantitative estimate of drug-likeness (QED) is 0.751. The number of nitrogens with zero attached hydrogens (tertiary/aromatic N) is 3. The summed E-state index contributed by atoms with van der Waals surface area (Å²) in [6.07, 6.45) is 1.10. The topological polar surface area (TPSA) is 86.3 Å². The van der Waals surface area contributed by atoms with Gasteiger partial charge < -0.3 is 20.3 Å². The second-order valence-electron chi connectivity index (χ2n) is 6.89. The molecular weight excluding hydrogens is 353 g/mol. The van der Waals surface area contributed by atoms with Gasteiger partial charge in [0.05, 0.1) is 13.1 Å². The summed E-state index contributed by atoms with van der Waals surface area (Å²) in [5.74, 6) is 0.835. The monoisotopic (exact) mass is 375 g/mol. The maximum Gasteiger partial charge on any atom is 0.325 e. The maximum atomic E-state index is 12.9. The van der Waals surface area contributed by atoms with Gasteiger partial charge in [0.25, 0.3) is 5.91 Å². The van der Waals surface area contributed by atoms with Crippen LogP contribution in [0.25, 0.3) is 0 Å². The maximum absolute atomic E-state index is 12.9. The van der Waals surface area contributed by atoms with Crippen molar-refractivity contribution in [1.82, 2.24) is 20.4 Å². The van der Waals surface area contributed by atoms with Crippen molar-refractivity contribution in [1.29, 1.82) is 0 Å². The Kier molecular flexibility index (Phi) is 4.59. The van der Waals surface area contributed by atoms with E-state index in [1.807, 2.05) is 0 Å². The third-order valence-corrected chi connectivity index (χ3v) is 5.22. The third-order valence-electron chi connectivity index (χ3n) is 5.22. The first-order valence-corrected chi connectivity index (χ1v) is 9.13. The molecule has 2 N–H and O–H groups in total. The smallest absolute Gasteiger partial charge is 0.325 e. The molecule has 0 radical (unpaired) electrons. The molecule has 1 spiro atoms. The first kappa shape index (κ1) is 17.6. The Balaban J connectivity index is 1.32. The zero-order valence-electron chi connectivity index (χ0n) is 14.9. The number of aliphatic imine (C=N–C) groups is 1. The van der Waals surface area contributed by atoms with Crippen molar-refractivity contribution < 1.29 is 18.7 Å². The Hall–Kier alpha value is -2.84. The number of imide groups is 1. The van der Waals surface area contributed by atoms with Gasteiger partial charge in [-0.2, -0.15) is 0 Å². The standard InChI is InChI=1S/C18H22FN5O3/c19-13-1-3-14(4-2-13)27-12-11-24-15(25)18(22-17(24)26)5-9-23(10-6-18)16-20-7-8-21-16/h1-4H,5-12H2,(H,20,21)(H,22,26). The van der Waals surface area contributed by atoms with E-state index in [0.29, 0.717) is 31.7 Å². The number of ether oxygens (including phenoxy) is 1. The molecule has 0 aromatic heterocycles. The molecule has 0 unspecified atom stereocenters. The minimum atomic E-state index is -0.831. The van der Waals surface area contributed by atoms with Gasteiger partial charge in [0.15, 0.2) is 5.96 Å². The van der Waals surface area contributed by atoms with Gasteiger partial charge in [-0.05, 0) is 37.1 Å². The van der Waals surface area contributed by atoms with Crippen LogP contribution in [-0.4, -0.2) is 72.6 Å². The number of hydrogen-bond acceptors (Lipinski definition) is 6. The predicted molar refractivity (Wildman–Crippen MR) is 96.0 cm³/mol. The van der Waals surface area contributed by atoms with Gasteiger partial charge in [-0.3, -0.25) is 14.7 Å². The molecule has 0 atom stereocenters. The number of guanidine groups is 1. The lowest BCUT2D eigenvalue weighted by atomic mass is 9.87. The number of benzene rings is 1. The molecule has 3 aliphatic heterocycles. The molecule has 2 saturated heterocycles. The highest BCUT2D eigenvalue weighted by atomic mass is 19.1. The van der Waals surface area contributed by atoms with Gasteiger partial charge in [0.2, 0.25) is 0 Å². The summed E-state index contributed by atoms with van der Waals surface area (Å²) in [5.41, 5.74) is -0.831. The van der Waals surface area contributed by atoms with Crippen LogP contribution in [0.15, 0.2) is 29.3 Å². The summed E-state index contributed by atoms with van der Waals surface area (Å²) in [7, 11) is 0. The van der Waals surface area contributed by atoms with E-state index in [1.54, 1.807) is 0 Å². The number of hydrogen-bond donors (Lipinski definition) is 2. The molecule has 2 fully saturated rings. The summed E-state index contributed by atoms with van der Waals surface area (Å²) in [4.78, 5) is 32.9. The SMILES string of the molecule is O=C1NC2(CCN(C3=NCCN3)CC2)C(=O)N1CCOc1ccc(F)cc1. The molecule has 3 heterocycles. The molecule has 3 aliphatic rings. The summed E-state index contributed by atoms with van der Waals surface area (Å²) in [6.45, 7) is 3.26. The van der Waals surface area contributed by atoms with Crippen molar-refractivity contribution in [3.63, 3.8) is 0 Å². The normalized spacial score (nSPS) is 21.3. The Bertz CT molecular complexity index is 759. The van der Waals surface area contributed by atoms with Crippen molar-refractivity contribution in [2.45, 2.75) is 18.4 Å². The molecule has 3 amide bonds. The number of carbonyl (C=O) groups is 2. The second kappa shape index (κ2) is 7.05. The fourth-order valence-corrected chi connectivity index (χ4v) is 3.70. The number of amides is 3. The number of rotatable bonds is 4. The largest absolute Gasteiger partial charge is 0.492 e. The first-order chi connectivity index (χ1) is 13.1. The molecule has 144 valence electrons. The summed E-state index contributed by atoms with van der Waals surface area (Å²) >= 11 is 0. The molecular formula is C18H22FN5O3. The number of piperidine rings is 1. The molecule has 8 nitrogen and oxygen atoms in total. The van der Waals surface area contributed by atoms with Crippen molar-refractivity contribution in [3.05, 3.63) is 30.1 Å². The number of nitrogens with one attached hydrogen (secondary N) is 2. The van der Waals surface area contributed by atoms with E-state index in [-0.39, 0.29) is 30.9 Å². The Labute approximate surface area is 156 Å². The van der Waals surface area contributed by atoms with E-state index in [2.05, 4.69) is 20.5 Å². The van der Waals surface area contributed by atoms with Crippen LogP contribution >= 0.6 is 0 Å². The minimum Gasteiger partial charge on any atom is -0.492 e. The van der Waals surface area contributed by atoms with E-state index < -0.39 is 5.54 Å². The van der Waals surface area contributed by atoms with Crippen LogP contribution in [-0.2, 0) is 4.79 Å². The van der Waals surface area contributed by atoms with Crippen molar-refractivity contribution in [2.75, 3.05) is 39.3 Å². The summed E-state index contributed by atoms with van der Waals surface area (Å²) < 4.78 is 18.4. The lowest BCUT2D eigenvalue weighted by Gasteiger charge is -2.38. The van der Waals surface area contributed by atoms with Crippen LogP contribution in [0.2, 0.25) is 0 Å². The molecule has 1 aromatic carbocycles. The molecule has 27 heavy (non-hydrogen) atoms. The van der Waals surface area contributed by atoms with Crippen LogP contribution in [0.5, 0.6) is 5.75 Å². The molecule has 0 saturated carbocycles. The number of halogens is 1. The van der Waals surface area contributed by atoms with Crippen LogP contribution in [0.1, 0.15) is 12.8 Å². The number of carbonyl (C=O) groups excluding carboxylic acids is 2. The first-order valence-electron chi connectivity index (χ1n) is 9.13. The fourth-order valence-electron chi connectivity index (χ4n) is 3.70. The fraction of sp³-hybridized carbons (Fsp3) is 0.500. The van der Waals surface area contributed by atoms with E-state index in [4.69, 9.17) is 4.74 Å². The minimum absolute atomic E-state index is 0.155. The van der Waals surface area contributed by atoms with Crippen LogP contribution in [0.4, 0.5) is 9.18 Å². The Morgan fingerprint density at radius 3 is 2.59 bits per heavy atom. The Morgan fingerprint density at radius 1 is 1.19 bits per heavy atom. The van der Waals surface area contributed by atoms with E-state index in [1.165, 1.54) is 29.2 Å². The van der Waals surface area contributed by atoms with Crippen LogP contribution in [0.3, 0.4) is 0 Å². The second-order valence-corrected chi connectivity index (χ2v) is 6.89. The summed E-state index contributed by atoms with van der Waals surface area (Å²) in [5, 5.41) is 6.12.